The average molecular weight is 507 g/mol. The Labute approximate surface area is 198 Å². The van der Waals surface area contributed by atoms with Crippen molar-refractivity contribution in [2.24, 2.45) is 0 Å². The minimum Gasteiger partial charge on any atom is -0.376 e. The highest BCUT2D eigenvalue weighted by atomic mass is 19.4. The van der Waals surface area contributed by atoms with Gasteiger partial charge in [-0.2, -0.15) is 31.4 Å². The Bertz CT molecular complexity index is 1570. The Morgan fingerprint density at radius 3 is 2.17 bits per heavy atom. The van der Waals surface area contributed by atoms with Crippen LogP contribution in [-0.4, -0.2) is 26.0 Å². The summed E-state index contributed by atoms with van der Waals surface area (Å²) in [5.74, 6) is -0.459. The smallest absolute Gasteiger partial charge is 0.376 e. The van der Waals surface area contributed by atoms with Gasteiger partial charge in [0, 0.05) is 23.0 Å². The van der Waals surface area contributed by atoms with Gasteiger partial charge in [-0.15, -0.1) is 0 Å². The van der Waals surface area contributed by atoms with Gasteiger partial charge in [-0.05, 0) is 65.5 Å². The third-order valence-corrected chi connectivity index (χ3v) is 6.04. The monoisotopic (exact) mass is 507 g/mol. The number of aromatic amines is 1. The molecule has 2 aromatic heterocycles. The van der Waals surface area contributed by atoms with Crippen LogP contribution in [0, 0.1) is 5.82 Å². The van der Waals surface area contributed by atoms with Gasteiger partial charge in [0.05, 0.1) is 23.0 Å². The van der Waals surface area contributed by atoms with Gasteiger partial charge in [0.2, 0.25) is 0 Å². The normalized spacial score (nSPS) is 14.4. The maximum Gasteiger partial charge on any atom is 0.421 e. The Balaban J connectivity index is 1.54. The summed E-state index contributed by atoms with van der Waals surface area (Å²) < 4.78 is 96.2. The molecule has 2 N–H and O–H groups in total. The number of H-pyrrole nitrogens is 1. The zero-order chi connectivity index (χ0) is 25.9. The molecule has 0 amide bonds. The van der Waals surface area contributed by atoms with E-state index >= 15 is 0 Å². The van der Waals surface area contributed by atoms with Crippen LogP contribution in [0.1, 0.15) is 16.8 Å². The highest BCUT2D eigenvalue weighted by Gasteiger charge is 2.55. The van der Waals surface area contributed by atoms with Crippen LogP contribution in [0.4, 0.5) is 30.7 Å². The summed E-state index contributed by atoms with van der Waals surface area (Å²) in [6, 6.07) is 13.1. The van der Waals surface area contributed by atoms with Crippen LogP contribution in [-0.2, 0) is 18.2 Å². The molecule has 1 atom stereocenters. The number of nitrogens with zero attached hydrogens (tertiary/aromatic N) is 2. The predicted octanol–water partition coefficient (Wildman–Crippen LogP) is 6.66. The van der Waals surface area contributed by atoms with Crippen molar-refractivity contribution in [3.63, 3.8) is 0 Å². The maximum absolute atomic E-state index is 14.2. The summed E-state index contributed by atoms with van der Waals surface area (Å²) in [6.45, 7) is 0. The van der Waals surface area contributed by atoms with Crippen LogP contribution >= 0.6 is 0 Å². The predicted molar refractivity (Wildman–Crippen MR) is 118 cm³/mol. The summed E-state index contributed by atoms with van der Waals surface area (Å²) in [7, 11) is 0. The van der Waals surface area contributed by atoms with Gasteiger partial charge in [0.15, 0.2) is 5.60 Å². The molecule has 36 heavy (non-hydrogen) atoms. The van der Waals surface area contributed by atoms with E-state index in [1.807, 2.05) is 0 Å². The number of fused-ring (bicyclic) bond motifs is 2. The Morgan fingerprint density at radius 1 is 0.806 bits per heavy atom. The molecule has 0 radical (unpaired) electrons. The molecule has 0 aliphatic rings. The van der Waals surface area contributed by atoms with E-state index in [0.29, 0.717) is 16.6 Å². The molecule has 5 aromatic rings. The van der Waals surface area contributed by atoms with E-state index in [1.54, 1.807) is 0 Å². The summed E-state index contributed by atoms with van der Waals surface area (Å²) in [5, 5.41) is 15.6. The van der Waals surface area contributed by atoms with E-state index in [1.165, 1.54) is 47.3 Å². The molecule has 2 heterocycles. The molecule has 0 aliphatic heterocycles. The molecule has 4 nitrogen and oxygen atoms in total. The van der Waals surface area contributed by atoms with Gasteiger partial charge in [-0.1, -0.05) is 12.1 Å². The van der Waals surface area contributed by atoms with Gasteiger partial charge in [-0.25, -0.2) is 9.07 Å². The van der Waals surface area contributed by atoms with Gasteiger partial charge < -0.3 is 10.1 Å². The molecule has 0 fully saturated rings. The summed E-state index contributed by atoms with van der Waals surface area (Å²) >= 11 is 0. The van der Waals surface area contributed by atoms with Gasteiger partial charge in [0.25, 0.3) is 0 Å². The van der Waals surface area contributed by atoms with Crippen molar-refractivity contribution < 1.29 is 35.8 Å². The van der Waals surface area contributed by atoms with Crippen molar-refractivity contribution in [3.05, 3.63) is 95.6 Å². The Morgan fingerprint density at radius 2 is 1.50 bits per heavy atom. The first-order chi connectivity index (χ1) is 16.8. The number of alkyl halides is 6. The van der Waals surface area contributed by atoms with Crippen molar-refractivity contribution in [2.75, 3.05) is 0 Å². The fourth-order valence-electron chi connectivity index (χ4n) is 4.18. The van der Waals surface area contributed by atoms with E-state index < -0.39 is 41.3 Å². The summed E-state index contributed by atoms with van der Waals surface area (Å²) in [4.78, 5) is 2.57. The molecule has 5 rings (SSSR count). The highest BCUT2D eigenvalue weighted by molar-refractivity contribution is 5.82. The first kappa shape index (κ1) is 23.9. The minimum absolute atomic E-state index is 0.000348. The zero-order valence-electron chi connectivity index (χ0n) is 18.1. The second kappa shape index (κ2) is 8.09. The number of halogens is 7. The van der Waals surface area contributed by atoms with Crippen molar-refractivity contribution in [1.82, 2.24) is 14.8 Å². The lowest BCUT2D eigenvalue weighted by Gasteiger charge is -2.31. The lowest BCUT2D eigenvalue weighted by molar-refractivity contribution is -0.266. The number of aliphatic hydroxyl groups is 1. The second-order valence-corrected chi connectivity index (χ2v) is 8.44. The number of benzene rings is 3. The van der Waals surface area contributed by atoms with E-state index in [4.69, 9.17) is 0 Å². The van der Waals surface area contributed by atoms with Crippen molar-refractivity contribution in [1.29, 1.82) is 0 Å². The quantitative estimate of drug-likeness (QED) is 0.268. The van der Waals surface area contributed by atoms with Crippen LogP contribution in [0.3, 0.4) is 0 Å². The van der Waals surface area contributed by atoms with Crippen molar-refractivity contribution in [3.8, 4) is 5.69 Å². The van der Waals surface area contributed by atoms with Crippen molar-refractivity contribution >= 4 is 21.8 Å². The summed E-state index contributed by atoms with van der Waals surface area (Å²) in [6.07, 6.45) is -9.35. The molecule has 0 saturated heterocycles. The molecule has 0 spiro atoms. The molecule has 3 aromatic carbocycles. The van der Waals surface area contributed by atoms with Crippen LogP contribution in [0.2, 0.25) is 0 Å². The topological polar surface area (TPSA) is 53.8 Å². The van der Waals surface area contributed by atoms with Crippen LogP contribution in [0.25, 0.3) is 27.5 Å². The van der Waals surface area contributed by atoms with Gasteiger partial charge in [0.1, 0.15) is 5.82 Å². The van der Waals surface area contributed by atoms with E-state index in [9.17, 15) is 35.8 Å². The minimum atomic E-state index is -5.11. The molecule has 0 aliphatic carbocycles. The molecule has 186 valence electrons. The molecule has 1 unspecified atom stereocenters. The fourth-order valence-corrected chi connectivity index (χ4v) is 4.18. The molecular formula is C25H16F7N3O. The third kappa shape index (κ3) is 4.09. The number of hydrogen-bond donors (Lipinski definition) is 2. The SMILES string of the molecule is OC(Cc1cc2ccc(C(F)(F)F)cc2[nH]1)(c1ccc2c(cnn2-c2ccc(F)cc2)c1)C(F)(F)F. The largest absolute Gasteiger partial charge is 0.421 e. The number of aromatic nitrogens is 3. The second-order valence-electron chi connectivity index (χ2n) is 8.44. The maximum atomic E-state index is 14.2. The Kier molecular flexibility index (Phi) is 5.36. The average Bonchev–Trinajstić information content (AvgIpc) is 3.40. The van der Waals surface area contributed by atoms with Crippen molar-refractivity contribution in [2.45, 2.75) is 24.4 Å². The van der Waals surface area contributed by atoms with Gasteiger partial charge in [-0.3, -0.25) is 0 Å². The standard InChI is InChI=1S/C25H16F7N3O/c26-18-4-6-20(7-5-18)35-22-8-3-16(9-15(22)13-33-35)23(36,25(30,31)32)12-19-10-14-1-2-17(24(27,28)29)11-21(14)34-19/h1-11,13,34,36H,12H2. The molecule has 11 heteroatoms. The Hall–Kier alpha value is -3.86. The first-order valence-corrected chi connectivity index (χ1v) is 10.6. The number of rotatable bonds is 4. The fraction of sp³-hybridized carbons (Fsp3) is 0.160. The molecule has 0 saturated carbocycles. The molecule has 0 bridgehead atoms. The third-order valence-electron chi connectivity index (χ3n) is 6.04. The van der Waals surface area contributed by atoms with Gasteiger partial charge >= 0.3 is 12.4 Å². The zero-order valence-corrected chi connectivity index (χ0v) is 18.1. The summed E-state index contributed by atoms with van der Waals surface area (Å²) in [5.41, 5.74) is -3.92. The molecular weight excluding hydrogens is 491 g/mol. The number of nitrogens with one attached hydrogen (secondary N) is 1. The van der Waals surface area contributed by atoms with E-state index in [-0.39, 0.29) is 16.6 Å². The van der Waals surface area contributed by atoms with Crippen LogP contribution < -0.4 is 0 Å². The van der Waals surface area contributed by atoms with E-state index in [0.717, 1.165) is 30.3 Å². The van der Waals surface area contributed by atoms with E-state index in [2.05, 4.69) is 10.1 Å². The number of hydrogen-bond acceptors (Lipinski definition) is 2. The highest BCUT2D eigenvalue weighted by Crippen LogP contribution is 2.43. The van der Waals surface area contributed by atoms with Crippen LogP contribution in [0.5, 0.6) is 0 Å². The lowest BCUT2D eigenvalue weighted by Crippen LogP contribution is -2.44. The lowest BCUT2D eigenvalue weighted by atomic mass is 9.87. The van der Waals surface area contributed by atoms with Crippen LogP contribution in [0.15, 0.2) is 72.9 Å². The first-order valence-electron chi connectivity index (χ1n) is 10.6.